The molecule has 1 aromatic carbocycles. The van der Waals surface area contributed by atoms with Gasteiger partial charge in [0.1, 0.15) is 6.04 Å². The molecule has 7 nitrogen and oxygen atoms in total. The number of benzene rings is 1. The first-order chi connectivity index (χ1) is 9.02. The minimum Gasteiger partial charge on any atom is -0.478 e. The molecule has 1 aromatic rings. The number of carboxylic acids is 1. The lowest BCUT2D eigenvalue weighted by molar-refractivity contribution is -0.121. The van der Waals surface area contributed by atoms with Crippen LogP contribution >= 0.6 is 0 Å². The van der Waals surface area contributed by atoms with Crippen LogP contribution in [-0.4, -0.2) is 42.8 Å². The van der Waals surface area contributed by atoms with E-state index >= 15 is 0 Å². The molecule has 0 aliphatic carbocycles. The number of carbonyl (C=O) groups excluding carboxylic acids is 1. The average Bonchev–Trinajstić information content (AvgIpc) is 2.38. The van der Waals surface area contributed by atoms with Crippen LogP contribution in [-0.2, 0) is 9.53 Å². The number of nitrogens with two attached hydrogens (primary N) is 2. The van der Waals surface area contributed by atoms with E-state index in [1.165, 1.54) is 6.07 Å². The maximum absolute atomic E-state index is 11.4. The van der Waals surface area contributed by atoms with Crippen LogP contribution in [0.2, 0.25) is 0 Å². The van der Waals surface area contributed by atoms with Crippen molar-refractivity contribution in [2.24, 2.45) is 5.73 Å². The van der Waals surface area contributed by atoms with Crippen LogP contribution in [0.1, 0.15) is 10.4 Å². The van der Waals surface area contributed by atoms with Gasteiger partial charge in [-0.05, 0) is 12.1 Å². The molecule has 0 bridgehead atoms. The molecule has 102 valence electrons. The van der Waals surface area contributed by atoms with Crippen LogP contribution in [0.5, 0.6) is 0 Å². The molecule has 0 saturated carbocycles. The van der Waals surface area contributed by atoms with Gasteiger partial charge in [-0.1, -0.05) is 6.07 Å². The van der Waals surface area contributed by atoms with E-state index in [1.807, 2.05) is 0 Å². The van der Waals surface area contributed by atoms with E-state index < -0.39 is 17.9 Å². The fourth-order valence-corrected chi connectivity index (χ4v) is 2.16. The first-order valence-electron chi connectivity index (χ1n) is 5.78. The number of rotatable bonds is 3. The third-order valence-corrected chi connectivity index (χ3v) is 3.04. The quantitative estimate of drug-likeness (QED) is 0.643. The van der Waals surface area contributed by atoms with Crippen LogP contribution in [0.25, 0.3) is 0 Å². The van der Waals surface area contributed by atoms with E-state index in [9.17, 15) is 14.7 Å². The van der Waals surface area contributed by atoms with Gasteiger partial charge in [0.05, 0.1) is 30.2 Å². The molecule has 1 fully saturated rings. The Labute approximate surface area is 109 Å². The van der Waals surface area contributed by atoms with Crippen LogP contribution in [0.15, 0.2) is 18.2 Å². The number of nitrogen functional groups attached to an aromatic ring is 1. The Balaban J connectivity index is 2.49. The number of morpholine rings is 1. The number of ether oxygens (including phenoxy) is 1. The van der Waals surface area contributed by atoms with E-state index in [2.05, 4.69) is 0 Å². The van der Waals surface area contributed by atoms with Gasteiger partial charge in [0.2, 0.25) is 5.91 Å². The second-order valence-corrected chi connectivity index (χ2v) is 4.24. The summed E-state index contributed by atoms with van der Waals surface area (Å²) in [6.07, 6.45) is 0. The van der Waals surface area contributed by atoms with Gasteiger partial charge in [0.25, 0.3) is 0 Å². The molecule has 5 N–H and O–H groups in total. The highest BCUT2D eigenvalue weighted by Crippen LogP contribution is 2.30. The second-order valence-electron chi connectivity index (χ2n) is 4.24. The largest absolute Gasteiger partial charge is 0.478 e. The number of carboxylic acid groups (broad SMARTS) is 1. The number of aromatic carboxylic acids is 1. The summed E-state index contributed by atoms with van der Waals surface area (Å²) in [6, 6.07) is 3.88. The molecule has 19 heavy (non-hydrogen) atoms. The van der Waals surface area contributed by atoms with Crippen LogP contribution in [0.3, 0.4) is 0 Å². The lowest BCUT2D eigenvalue weighted by Gasteiger charge is -2.36. The minimum absolute atomic E-state index is 0.0492. The maximum atomic E-state index is 11.4. The lowest BCUT2D eigenvalue weighted by Crippen LogP contribution is -2.53. The van der Waals surface area contributed by atoms with Gasteiger partial charge in [0, 0.05) is 6.54 Å². The molecule has 0 spiro atoms. The third kappa shape index (κ3) is 2.45. The lowest BCUT2D eigenvalue weighted by atomic mass is 10.1. The Morgan fingerprint density at radius 1 is 1.42 bits per heavy atom. The molecule has 2 rings (SSSR count). The highest BCUT2D eigenvalue weighted by atomic mass is 16.5. The number of anilines is 2. The molecule has 1 heterocycles. The van der Waals surface area contributed by atoms with Gasteiger partial charge in [-0.3, -0.25) is 4.79 Å². The summed E-state index contributed by atoms with van der Waals surface area (Å²) in [5.41, 5.74) is 11.8. The van der Waals surface area contributed by atoms with Crippen molar-refractivity contribution < 1.29 is 19.4 Å². The van der Waals surface area contributed by atoms with E-state index in [-0.39, 0.29) is 12.2 Å². The Hall–Kier alpha value is -2.28. The second kappa shape index (κ2) is 5.15. The number of nitrogens with zero attached hydrogens (tertiary/aromatic N) is 1. The van der Waals surface area contributed by atoms with Crippen molar-refractivity contribution in [3.05, 3.63) is 23.8 Å². The number of para-hydroxylation sites is 1. The van der Waals surface area contributed by atoms with Crippen molar-refractivity contribution in [2.45, 2.75) is 6.04 Å². The zero-order valence-electron chi connectivity index (χ0n) is 10.2. The Morgan fingerprint density at radius 2 is 2.16 bits per heavy atom. The van der Waals surface area contributed by atoms with Gasteiger partial charge >= 0.3 is 5.97 Å². The van der Waals surface area contributed by atoms with Crippen molar-refractivity contribution in [2.75, 3.05) is 30.4 Å². The molecule has 7 heteroatoms. The molecule has 1 atom stereocenters. The Bertz CT molecular complexity index is 518. The highest BCUT2D eigenvalue weighted by Gasteiger charge is 2.31. The number of primary amides is 1. The fraction of sp³-hybridized carbons (Fsp3) is 0.333. The molecule has 0 radical (unpaired) electrons. The minimum atomic E-state index is -1.10. The van der Waals surface area contributed by atoms with E-state index in [0.29, 0.717) is 24.5 Å². The summed E-state index contributed by atoms with van der Waals surface area (Å²) < 4.78 is 5.20. The highest BCUT2D eigenvalue weighted by molar-refractivity contribution is 5.99. The van der Waals surface area contributed by atoms with Crippen molar-refractivity contribution in [1.82, 2.24) is 0 Å². The van der Waals surface area contributed by atoms with Gasteiger partial charge < -0.3 is 26.2 Å². The van der Waals surface area contributed by atoms with Crippen LogP contribution < -0.4 is 16.4 Å². The summed E-state index contributed by atoms with van der Waals surface area (Å²) in [4.78, 5) is 24.3. The predicted octanol–water partition coefficient (Wildman–Crippen LogP) is -0.342. The predicted molar refractivity (Wildman–Crippen MR) is 69.0 cm³/mol. The fourth-order valence-electron chi connectivity index (χ4n) is 2.16. The third-order valence-electron chi connectivity index (χ3n) is 3.04. The number of carbonyl (C=O) groups is 2. The smallest absolute Gasteiger partial charge is 0.337 e. The number of hydrogen-bond donors (Lipinski definition) is 3. The molecule has 1 aliphatic rings. The first-order valence-corrected chi connectivity index (χ1v) is 5.78. The number of hydrogen-bond acceptors (Lipinski definition) is 5. The summed E-state index contributed by atoms with van der Waals surface area (Å²) in [7, 11) is 0. The van der Waals surface area contributed by atoms with Crippen LogP contribution in [0.4, 0.5) is 11.4 Å². The topological polar surface area (TPSA) is 119 Å². The van der Waals surface area contributed by atoms with Crippen molar-refractivity contribution in [3.63, 3.8) is 0 Å². The number of amides is 1. The summed E-state index contributed by atoms with van der Waals surface area (Å²) in [5, 5.41) is 9.22. The molecule has 1 aliphatic heterocycles. The Morgan fingerprint density at radius 3 is 2.79 bits per heavy atom. The maximum Gasteiger partial charge on any atom is 0.337 e. The van der Waals surface area contributed by atoms with Crippen molar-refractivity contribution >= 4 is 23.3 Å². The average molecular weight is 265 g/mol. The van der Waals surface area contributed by atoms with Gasteiger partial charge in [0.15, 0.2) is 0 Å². The monoisotopic (exact) mass is 265 g/mol. The summed E-state index contributed by atoms with van der Waals surface area (Å²) >= 11 is 0. The van der Waals surface area contributed by atoms with Gasteiger partial charge in [-0.15, -0.1) is 0 Å². The van der Waals surface area contributed by atoms with Gasteiger partial charge in [-0.2, -0.15) is 0 Å². The molecular formula is C12H15N3O4. The molecule has 1 saturated heterocycles. The first kappa shape index (κ1) is 13.2. The van der Waals surface area contributed by atoms with E-state index in [1.54, 1.807) is 17.0 Å². The normalized spacial score (nSPS) is 19.2. The molecule has 0 aromatic heterocycles. The van der Waals surface area contributed by atoms with E-state index in [0.717, 1.165) is 0 Å². The summed E-state index contributed by atoms with van der Waals surface area (Å²) in [5.74, 6) is -1.67. The summed E-state index contributed by atoms with van der Waals surface area (Å²) in [6.45, 7) is 0.877. The van der Waals surface area contributed by atoms with Crippen LogP contribution in [0, 0.1) is 0 Å². The molecule has 1 amide bonds. The molecular weight excluding hydrogens is 250 g/mol. The van der Waals surface area contributed by atoms with Crippen molar-refractivity contribution in [3.8, 4) is 0 Å². The SMILES string of the molecule is NC(=O)C1COCCN1c1c(N)cccc1C(=O)O. The Kier molecular flexibility index (Phi) is 3.57. The standard InChI is InChI=1S/C12H15N3O4/c13-8-3-1-2-7(12(17)18)10(8)15-4-5-19-6-9(15)11(14)16/h1-3,9H,4-6,13H2,(H2,14,16)(H,17,18). The van der Waals surface area contributed by atoms with E-state index in [4.69, 9.17) is 16.2 Å². The molecule has 1 unspecified atom stereocenters. The van der Waals surface area contributed by atoms with Gasteiger partial charge in [-0.25, -0.2) is 4.79 Å². The van der Waals surface area contributed by atoms with Crippen molar-refractivity contribution in [1.29, 1.82) is 0 Å². The zero-order chi connectivity index (χ0) is 14.0. The zero-order valence-corrected chi connectivity index (χ0v) is 10.2.